The van der Waals surface area contributed by atoms with E-state index in [2.05, 4.69) is 29.2 Å². The number of piperidine rings is 1. The van der Waals surface area contributed by atoms with Crippen LogP contribution in [0, 0.1) is 13.8 Å². The van der Waals surface area contributed by atoms with E-state index in [-0.39, 0.29) is 18.4 Å². The number of ether oxygens (including phenoxy) is 1. The molecular formula is C16H29ClN4O2. The van der Waals surface area contributed by atoms with Crippen LogP contribution in [-0.2, 0) is 22.6 Å². The van der Waals surface area contributed by atoms with Gasteiger partial charge in [-0.3, -0.25) is 14.4 Å². The molecule has 7 heteroatoms. The Morgan fingerprint density at radius 2 is 2.17 bits per heavy atom. The Morgan fingerprint density at radius 3 is 2.83 bits per heavy atom. The summed E-state index contributed by atoms with van der Waals surface area (Å²) in [5.74, 6) is -0.193. The van der Waals surface area contributed by atoms with E-state index in [1.54, 1.807) is 0 Å². The molecule has 1 fully saturated rings. The normalized spacial score (nSPS) is 18.5. The number of aromatic nitrogens is 2. The molecule has 6 nitrogen and oxygen atoms in total. The number of carbonyl (C=O) groups excluding carboxylic acids is 1. The van der Waals surface area contributed by atoms with Gasteiger partial charge in [0, 0.05) is 30.4 Å². The van der Waals surface area contributed by atoms with Crippen LogP contribution in [-0.4, -0.2) is 53.9 Å². The maximum Gasteiger partial charge on any atom is 0.307 e. The Bertz CT molecular complexity index is 518. The number of carbonyl (C=O) groups is 1. The molecule has 23 heavy (non-hydrogen) atoms. The Hall–Kier alpha value is -1.11. The summed E-state index contributed by atoms with van der Waals surface area (Å²) in [6.45, 7) is 7.89. The van der Waals surface area contributed by atoms with Gasteiger partial charge >= 0.3 is 5.97 Å². The van der Waals surface area contributed by atoms with E-state index in [1.165, 1.54) is 25.5 Å². The monoisotopic (exact) mass is 344 g/mol. The zero-order valence-corrected chi connectivity index (χ0v) is 15.4. The van der Waals surface area contributed by atoms with Gasteiger partial charge in [0.05, 0.1) is 25.8 Å². The first-order chi connectivity index (χ1) is 10.5. The minimum Gasteiger partial charge on any atom is -0.469 e. The highest BCUT2D eigenvalue weighted by atomic mass is 35.5. The van der Waals surface area contributed by atoms with E-state index in [1.807, 2.05) is 11.7 Å². The topological polar surface area (TPSA) is 59.4 Å². The molecule has 0 amide bonds. The Kier molecular flexibility index (Phi) is 8.02. The highest BCUT2D eigenvalue weighted by Crippen LogP contribution is 2.19. The lowest BCUT2D eigenvalue weighted by Gasteiger charge is -2.32. The molecule has 132 valence electrons. The number of methoxy groups -OCH3 is 1. The van der Waals surface area contributed by atoms with Gasteiger partial charge < -0.3 is 10.1 Å². The van der Waals surface area contributed by atoms with Gasteiger partial charge in [-0.05, 0) is 40.3 Å². The summed E-state index contributed by atoms with van der Waals surface area (Å²) in [4.78, 5) is 13.8. The molecule has 0 bridgehead atoms. The second-order valence-electron chi connectivity index (χ2n) is 6.06. The average molecular weight is 345 g/mol. The third kappa shape index (κ3) is 5.19. The van der Waals surface area contributed by atoms with Crippen molar-refractivity contribution in [2.75, 3.05) is 27.2 Å². The number of nitrogens with zero attached hydrogens (tertiary/aromatic N) is 3. The van der Waals surface area contributed by atoms with E-state index >= 15 is 0 Å². The van der Waals surface area contributed by atoms with Crippen molar-refractivity contribution in [1.82, 2.24) is 20.0 Å². The molecular weight excluding hydrogens is 316 g/mol. The predicted octanol–water partition coefficient (Wildman–Crippen LogP) is 1.67. The van der Waals surface area contributed by atoms with Gasteiger partial charge in [-0.1, -0.05) is 0 Å². The fourth-order valence-electron chi connectivity index (χ4n) is 3.14. The van der Waals surface area contributed by atoms with Crippen molar-refractivity contribution >= 4 is 18.4 Å². The van der Waals surface area contributed by atoms with E-state index in [0.29, 0.717) is 19.0 Å². The van der Waals surface area contributed by atoms with Gasteiger partial charge in [0.15, 0.2) is 0 Å². The molecule has 1 atom stereocenters. The van der Waals surface area contributed by atoms with Crippen LogP contribution in [0.15, 0.2) is 0 Å². The molecule has 2 rings (SSSR count). The summed E-state index contributed by atoms with van der Waals surface area (Å²) in [5, 5.41) is 7.97. The lowest BCUT2D eigenvalue weighted by Crippen LogP contribution is -2.44. The quantitative estimate of drug-likeness (QED) is 0.795. The lowest BCUT2D eigenvalue weighted by atomic mass is 10.0. The van der Waals surface area contributed by atoms with Gasteiger partial charge in [-0.15, -0.1) is 12.4 Å². The minimum absolute atomic E-state index is 0. The lowest BCUT2D eigenvalue weighted by molar-refractivity contribution is -0.140. The van der Waals surface area contributed by atoms with Crippen molar-refractivity contribution in [3.8, 4) is 0 Å². The summed E-state index contributed by atoms with van der Waals surface area (Å²) in [6.07, 6.45) is 2.85. The highest BCUT2D eigenvalue weighted by Gasteiger charge is 2.21. The SMILES string of the molecule is CNC1CCCN(Cc2c(C)nn(CCC(=O)OC)c2C)C1.Cl. The molecule has 2 heterocycles. The van der Waals surface area contributed by atoms with Crippen LogP contribution >= 0.6 is 12.4 Å². The summed E-state index contributed by atoms with van der Waals surface area (Å²) in [7, 11) is 3.46. The number of aryl methyl sites for hydroxylation is 2. The second-order valence-corrected chi connectivity index (χ2v) is 6.06. The molecule has 0 spiro atoms. The van der Waals surface area contributed by atoms with Crippen LogP contribution in [0.2, 0.25) is 0 Å². The summed E-state index contributed by atoms with van der Waals surface area (Å²) in [5.41, 5.74) is 3.52. The largest absolute Gasteiger partial charge is 0.469 e. The molecule has 1 aliphatic heterocycles. The number of likely N-dealkylation sites (tertiary alicyclic amines) is 1. The number of halogens is 1. The van der Waals surface area contributed by atoms with Crippen molar-refractivity contribution in [2.24, 2.45) is 0 Å². The maximum atomic E-state index is 11.3. The predicted molar refractivity (Wildman–Crippen MR) is 92.9 cm³/mol. The summed E-state index contributed by atoms with van der Waals surface area (Å²) in [6, 6.07) is 0.587. The molecule has 1 aliphatic rings. The maximum absolute atomic E-state index is 11.3. The molecule has 0 aliphatic carbocycles. The van der Waals surface area contributed by atoms with Crippen LogP contribution in [0.5, 0.6) is 0 Å². The zero-order chi connectivity index (χ0) is 16.1. The molecule has 0 radical (unpaired) electrons. The molecule has 0 aromatic carbocycles. The van der Waals surface area contributed by atoms with E-state index in [4.69, 9.17) is 4.74 Å². The minimum atomic E-state index is -0.193. The van der Waals surface area contributed by atoms with Gasteiger partial charge in [0.25, 0.3) is 0 Å². The van der Waals surface area contributed by atoms with E-state index in [9.17, 15) is 4.79 Å². The number of likely N-dealkylation sites (N-methyl/N-ethyl adjacent to an activating group) is 1. The van der Waals surface area contributed by atoms with E-state index in [0.717, 1.165) is 31.0 Å². The van der Waals surface area contributed by atoms with E-state index < -0.39 is 0 Å². The molecule has 1 saturated heterocycles. The number of nitrogens with one attached hydrogen (secondary N) is 1. The average Bonchev–Trinajstić information content (AvgIpc) is 2.80. The Morgan fingerprint density at radius 1 is 1.43 bits per heavy atom. The standard InChI is InChI=1S/C16H28N4O2.ClH/c1-12-15(11-19-8-5-6-14(10-19)17-3)13(2)20(18-12)9-7-16(21)22-4;/h14,17H,5-11H2,1-4H3;1H. The molecule has 1 unspecified atom stereocenters. The second kappa shape index (κ2) is 9.25. The molecule has 1 aromatic heterocycles. The van der Waals surface area contributed by atoms with Crippen LogP contribution in [0.3, 0.4) is 0 Å². The fraction of sp³-hybridized carbons (Fsp3) is 0.750. The van der Waals surface area contributed by atoms with Gasteiger partial charge in [0.1, 0.15) is 0 Å². The summed E-state index contributed by atoms with van der Waals surface area (Å²) >= 11 is 0. The third-order valence-electron chi connectivity index (χ3n) is 4.58. The van der Waals surface area contributed by atoms with Crippen LogP contribution in [0.1, 0.15) is 36.2 Å². The van der Waals surface area contributed by atoms with Crippen molar-refractivity contribution < 1.29 is 9.53 Å². The van der Waals surface area contributed by atoms with Gasteiger partial charge in [-0.2, -0.15) is 5.10 Å². The van der Waals surface area contributed by atoms with Crippen LogP contribution in [0.25, 0.3) is 0 Å². The van der Waals surface area contributed by atoms with Crippen LogP contribution < -0.4 is 5.32 Å². The van der Waals surface area contributed by atoms with Crippen molar-refractivity contribution in [3.63, 3.8) is 0 Å². The molecule has 1 N–H and O–H groups in total. The van der Waals surface area contributed by atoms with Gasteiger partial charge in [0.2, 0.25) is 0 Å². The Labute approximate surface area is 145 Å². The third-order valence-corrected chi connectivity index (χ3v) is 4.58. The number of hydrogen-bond acceptors (Lipinski definition) is 5. The number of hydrogen-bond donors (Lipinski definition) is 1. The summed E-state index contributed by atoms with van der Waals surface area (Å²) < 4.78 is 6.63. The molecule has 1 aromatic rings. The first-order valence-electron chi connectivity index (χ1n) is 8.04. The zero-order valence-electron chi connectivity index (χ0n) is 14.6. The van der Waals surface area contributed by atoms with Crippen molar-refractivity contribution in [2.45, 2.75) is 52.2 Å². The Balaban J connectivity index is 0.00000264. The number of rotatable bonds is 6. The molecule has 0 saturated carbocycles. The van der Waals surface area contributed by atoms with Crippen molar-refractivity contribution in [1.29, 1.82) is 0 Å². The highest BCUT2D eigenvalue weighted by molar-refractivity contribution is 5.85. The first kappa shape index (κ1) is 19.9. The number of esters is 1. The first-order valence-corrected chi connectivity index (χ1v) is 8.04. The van der Waals surface area contributed by atoms with Crippen LogP contribution in [0.4, 0.5) is 0 Å². The fourth-order valence-corrected chi connectivity index (χ4v) is 3.14. The van der Waals surface area contributed by atoms with Crippen molar-refractivity contribution in [3.05, 3.63) is 17.0 Å². The van der Waals surface area contributed by atoms with Gasteiger partial charge in [-0.25, -0.2) is 0 Å². The smallest absolute Gasteiger partial charge is 0.307 e.